The van der Waals surface area contributed by atoms with Crippen molar-refractivity contribution in [2.75, 3.05) is 5.32 Å². The highest BCUT2D eigenvalue weighted by Crippen LogP contribution is 2.39. The molecule has 1 fully saturated rings. The van der Waals surface area contributed by atoms with Crippen molar-refractivity contribution in [3.05, 3.63) is 16.8 Å². The zero-order valence-corrected chi connectivity index (χ0v) is 17.1. The zero-order chi connectivity index (χ0) is 19.0. The third-order valence-corrected chi connectivity index (χ3v) is 6.49. The Kier molecular flexibility index (Phi) is 4.97. The van der Waals surface area contributed by atoms with E-state index in [4.69, 9.17) is 4.74 Å². The average molecular weight is 389 g/mol. The Labute approximate surface area is 164 Å². The topological polar surface area (TPSA) is 76.1 Å². The molecular weight excluding hydrogens is 360 g/mol. The molecule has 0 spiro atoms. The van der Waals surface area contributed by atoms with Crippen molar-refractivity contribution in [2.24, 2.45) is 0 Å². The summed E-state index contributed by atoms with van der Waals surface area (Å²) in [4.78, 5) is 23.6. The van der Waals surface area contributed by atoms with Crippen LogP contribution < -0.4 is 10.6 Å². The quantitative estimate of drug-likeness (QED) is 0.813. The molecule has 0 radical (unpaired) electrons. The van der Waals surface area contributed by atoms with E-state index in [0.29, 0.717) is 6.04 Å². The van der Waals surface area contributed by atoms with Crippen LogP contribution in [-0.4, -0.2) is 33.7 Å². The molecule has 0 unspecified atom stereocenters. The Morgan fingerprint density at radius 3 is 2.63 bits per heavy atom. The Hall–Kier alpha value is -1.89. The minimum atomic E-state index is -0.456. The first-order chi connectivity index (χ1) is 12.9. The van der Waals surface area contributed by atoms with Crippen LogP contribution >= 0.6 is 11.3 Å². The molecule has 1 amide bonds. The van der Waals surface area contributed by atoms with Crippen molar-refractivity contribution in [2.45, 2.75) is 83.4 Å². The number of fused-ring (bicyclic) bond motifs is 3. The van der Waals surface area contributed by atoms with Gasteiger partial charge in [-0.25, -0.2) is 14.8 Å². The first kappa shape index (κ1) is 18.5. The maximum atomic E-state index is 12.0. The Bertz CT molecular complexity index is 834. The van der Waals surface area contributed by atoms with Gasteiger partial charge < -0.3 is 15.4 Å². The second-order valence-electron chi connectivity index (χ2n) is 8.60. The molecule has 146 valence electrons. The number of hydrogen-bond acceptors (Lipinski definition) is 6. The third-order valence-electron chi connectivity index (χ3n) is 5.29. The molecule has 0 atom stereocenters. The molecule has 2 heterocycles. The lowest BCUT2D eigenvalue weighted by atomic mass is 9.91. The van der Waals surface area contributed by atoms with Crippen LogP contribution in [0.3, 0.4) is 0 Å². The van der Waals surface area contributed by atoms with E-state index in [1.807, 2.05) is 32.1 Å². The fourth-order valence-electron chi connectivity index (χ4n) is 4.09. The summed E-state index contributed by atoms with van der Waals surface area (Å²) in [6.07, 6.45) is 8.85. The summed E-state index contributed by atoms with van der Waals surface area (Å²) in [5.41, 5.74) is 1.00. The maximum Gasteiger partial charge on any atom is 0.407 e. The molecule has 6 nitrogen and oxygen atoms in total. The number of carbonyl (C=O) groups excluding carboxylic acids is 1. The molecule has 0 bridgehead atoms. The number of amides is 1. The predicted molar refractivity (Wildman–Crippen MR) is 108 cm³/mol. The molecule has 1 saturated carbocycles. The first-order valence-corrected chi connectivity index (χ1v) is 10.7. The molecule has 2 aromatic rings. The minimum Gasteiger partial charge on any atom is -0.444 e. The summed E-state index contributed by atoms with van der Waals surface area (Å²) in [6.45, 7) is 5.66. The standard InChI is InChI=1S/C20H28N4O2S/c1-20(2,3)26-19(25)24-13-9-7-12(8-10-13)23-17-16-14-5-4-6-15(14)27-18(16)22-11-21-17/h11-13H,4-10H2,1-3H3,(H,24,25)(H,21,22,23)/t12-,13-. The van der Waals surface area contributed by atoms with E-state index >= 15 is 0 Å². The van der Waals surface area contributed by atoms with Crippen molar-refractivity contribution in [1.82, 2.24) is 15.3 Å². The van der Waals surface area contributed by atoms with Gasteiger partial charge in [-0.1, -0.05) is 0 Å². The molecule has 2 N–H and O–H groups in total. The van der Waals surface area contributed by atoms with Crippen LogP contribution in [0.5, 0.6) is 0 Å². The van der Waals surface area contributed by atoms with Gasteiger partial charge in [0.1, 0.15) is 22.6 Å². The minimum absolute atomic E-state index is 0.189. The summed E-state index contributed by atoms with van der Waals surface area (Å²) in [6, 6.07) is 0.574. The fraction of sp³-hybridized carbons (Fsp3) is 0.650. The van der Waals surface area contributed by atoms with E-state index in [9.17, 15) is 4.79 Å². The maximum absolute atomic E-state index is 12.0. The molecular formula is C20H28N4O2S. The first-order valence-electron chi connectivity index (χ1n) is 9.90. The van der Waals surface area contributed by atoms with Crippen LogP contribution in [0.25, 0.3) is 10.2 Å². The Morgan fingerprint density at radius 2 is 1.89 bits per heavy atom. The second-order valence-corrected chi connectivity index (χ2v) is 9.68. The van der Waals surface area contributed by atoms with E-state index in [1.165, 1.54) is 28.7 Å². The number of hydrogen-bond donors (Lipinski definition) is 2. The van der Waals surface area contributed by atoms with Crippen LogP contribution in [0.2, 0.25) is 0 Å². The lowest BCUT2D eigenvalue weighted by Crippen LogP contribution is -2.42. The van der Waals surface area contributed by atoms with Crippen molar-refractivity contribution in [3.8, 4) is 0 Å². The van der Waals surface area contributed by atoms with Crippen molar-refractivity contribution in [1.29, 1.82) is 0 Å². The largest absolute Gasteiger partial charge is 0.444 e. The number of aryl methyl sites for hydroxylation is 2. The second kappa shape index (κ2) is 7.26. The van der Waals surface area contributed by atoms with Crippen molar-refractivity contribution < 1.29 is 9.53 Å². The number of rotatable bonds is 3. The lowest BCUT2D eigenvalue weighted by Gasteiger charge is -2.30. The smallest absolute Gasteiger partial charge is 0.407 e. The molecule has 2 aliphatic rings. The SMILES string of the molecule is CC(C)(C)OC(=O)N[C@H]1CC[C@H](Nc2ncnc3sc4c(c23)CCC4)CC1. The number of nitrogens with zero attached hydrogens (tertiary/aromatic N) is 2. The molecule has 0 aromatic carbocycles. The highest BCUT2D eigenvalue weighted by molar-refractivity contribution is 7.19. The summed E-state index contributed by atoms with van der Waals surface area (Å²) in [7, 11) is 0. The average Bonchev–Trinajstić information content (AvgIpc) is 3.16. The van der Waals surface area contributed by atoms with Crippen LogP contribution in [0, 0.1) is 0 Å². The van der Waals surface area contributed by atoms with Gasteiger partial charge in [0, 0.05) is 17.0 Å². The molecule has 7 heteroatoms. The van der Waals surface area contributed by atoms with Gasteiger partial charge in [-0.2, -0.15) is 0 Å². The molecule has 2 aliphatic carbocycles. The van der Waals surface area contributed by atoms with E-state index in [-0.39, 0.29) is 12.1 Å². The third kappa shape index (κ3) is 4.18. The summed E-state index contributed by atoms with van der Waals surface area (Å²) < 4.78 is 5.36. The van der Waals surface area contributed by atoms with E-state index in [1.54, 1.807) is 6.33 Å². The summed E-state index contributed by atoms with van der Waals surface area (Å²) >= 11 is 1.82. The van der Waals surface area contributed by atoms with E-state index in [0.717, 1.165) is 42.8 Å². The number of thiophene rings is 1. The molecule has 4 rings (SSSR count). The summed E-state index contributed by atoms with van der Waals surface area (Å²) in [5, 5.41) is 7.91. The van der Waals surface area contributed by atoms with Crippen LogP contribution in [0.4, 0.5) is 10.6 Å². The van der Waals surface area contributed by atoms with E-state index in [2.05, 4.69) is 20.6 Å². The van der Waals surface area contributed by atoms with Crippen molar-refractivity contribution >= 4 is 33.5 Å². The van der Waals surface area contributed by atoms with Crippen molar-refractivity contribution in [3.63, 3.8) is 0 Å². The number of ether oxygens (including phenoxy) is 1. The Morgan fingerprint density at radius 1 is 1.15 bits per heavy atom. The van der Waals surface area contributed by atoms with Gasteiger partial charge >= 0.3 is 6.09 Å². The number of carbonyl (C=O) groups is 1. The van der Waals surface area contributed by atoms with Gasteiger partial charge in [0.15, 0.2) is 0 Å². The number of alkyl carbamates (subject to hydrolysis) is 1. The molecule has 0 saturated heterocycles. The summed E-state index contributed by atoms with van der Waals surface area (Å²) in [5.74, 6) is 0.989. The van der Waals surface area contributed by atoms with Gasteiger partial charge in [-0.05, 0) is 71.3 Å². The monoisotopic (exact) mass is 388 g/mol. The highest BCUT2D eigenvalue weighted by atomic mass is 32.1. The van der Waals surface area contributed by atoms with Crippen LogP contribution in [0.1, 0.15) is 63.3 Å². The predicted octanol–water partition coefficient (Wildman–Crippen LogP) is 4.43. The number of nitrogens with one attached hydrogen (secondary N) is 2. The van der Waals surface area contributed by atoms with Gasteiger partial charge in [0.05, 0.1) is 5.39 Å². The molecule has 0 aliphatic heterocycles. The van der Waals surface area contributed by atoms with E-state index < -0.39 is 5.60 Å². The molecule has 27 heavy (non-hydrogen) atoms. The van der Waals surface area contributed by atoms with Gasteiger partial charge in [-0.3, -0.25) is 0 Å². The zero-order valence-electron chi connectivity index (χ0n) is 16.3. The van der Waals surface area contributed by atoms with Crippen LogP contribution in [0.15, 0.2) is 6.33 Å². The number of aromatic nitrogens is 2. The van der Waals surface area contributed by atoms with Gasteiger partial charge in [0.2, 0.25) is 0 Å². The highest BCUT2D eigenvalue weighted by Gasteiger charge is 2.26. The lowest BCUT2D eigenvalue weighted by molar-refractivity contribution is 0.0492. The normalized spacial score (nSPS) is 22.5. The van der Waals surface area contributed by atoms with Gasteiger partial charge in [-0.15, -0.1) is 11.3 Å². The molecule has 2 aromatic heterocycles. The number of anilines is 1. The van der Waals surface area contributed by atoms with Gasteiger partial charge in [0.25, 0.3) is 0 Å². The van der Waals surface area contributed by atoms with Crippen LogP contribution in [-0.2, 0) is 17.6 Å². The fourth-order valence-corrected chi connectivity index (χ4v) is 5.32. The Balaban J connectivity index is 1.36.